The lowest BCUT2D eigenvalue weighted by Crippen LogP contribution is -2.42. The second-order valence-electron chi connectivity index (χ2n) is 6.16. The minimum Gasteiger partial charge on any atom is -0.361 e. The summed E-state index contributed by atoms with van der Waals surface area (Å²) in [5.74, 6) is 0.274. The van der Waals surface area contributed by atoms with Crippen molar-refractivity contribution >= 4 is 23.3 Å². The molecule has 2 aromatic rings. The van der Waals surface area contributed by atoms with Gasteiger partial charge < -0.3 is 9.42 Å². The molecule has 1 fully saturated rings. The van der Waals surface area contributed by atoms with Gasteiger partial charge in [-0.2, -0.15) is 0 Å². The maximum absolute atomic E-state index is 12.7. The minimum atomic E-state index is -0.190. The molecule has 1 aliphatic rings. The molecule has 0 radical (unpaired) electrons. The van der Waals surface area contributed by atoms with E-state index in [2.05, 4.69) is 5.16 Å². The predicted molar refractivity (Wildman–Crippen MR) is 90.4 cm³/mol. The Morgan fingerprint density at radius 1 is 1.25 bits per heavy atom. The zero-order valence-corrected chi connectivity index (χ0v) is 14.5. The van der Waals surface area contributed by atoms with Crippen LogP contribution in [0.1, 0.15) is 45.0 Å². The normalized spacial score (nSPS) is 17.8. The zero-order chi connectivity index (χ0) is 17.3. The van der Waals surface area contributed by atoms with E-state index in [-0.39, 0.29) is 17.6 Å². The monoisotopic (exact) mass is 346 g/mol. The van der Waals surface area contributed by atoms with E-state index in [1.165, 1.54) is 0 Å². The number of nitrogens with zero attached hydrogens (tertiary/aromatic N) is 2. The first-order chi connectivity index (χ1) is 11.5. The average Bonchev–Trinajstić information content (AvgIpc) is 2.93. The van der Waals surface area contributed by atoms with E-state index >= 15 is 0 Å². The minimum absolute atomic E-state index is 0.0583. The van der Waals surface area contributed by atoms with Gasteiger partial charge in [0.2, 0.25) is 0 Å². The van der Waals surface area contributed by atoms with Gasteiger partial charge in [-0.1, -0.05) is 16.8 Å². The van der Waals surface area contributed by atoms with Crippen molar-refractivity contribution in [2.24, 2.45) is 5.92 Å². The van der Waals surface area contributed by atoms with Gasteiger partial charge in [-0.05, 0) is 51.0 Å². The molecule has 1 aliphatic heterocycles. The Hall–Kier alpha value is -2.14. The van der Waals surface area contributed by atoms with Crippen LogP contribution >= 0.6 is 11.6 Å². The van der Waals surface area contributed by atoms with E-state index in [0.29, 0.717) is 40.7 Å². The van der Waals surface area contributed by atoms with E-state index in [0.717, 1.165) is 12.8 Å². The molecule has 126 valence electrons. The molecule has 5 nitrogen and oxygen atoms in total. The Balaban J connectivity index is 1.76. The molecule has 0 N–H and O–H groups in total. The van der Waals surface area contributed by atoms with Crippen molar-refractivity contribution in [3.8, 4) is 0 Å². The number of hydrogen-bond donors (Lipinski definition) is 0. The van der Waals surface area contributed by atoms with Crippen LogP contribution in [0.3, 0.4) is 0 Å². The molecule has 1 aromatic carbocycles. The summed E-state index contributed by atoms with van der Waals surface area (Å²) in [5, 5.41) is 4.44. The van der Waals surface area contributed by atoms with Gasteiger partial charge in [0.1, 0.15) is 11.3 Å². The first-order valence-corrected chi connectivity index (χ1v) is 8.37. The van der Waals surface area contributed by atoms with Gasteiger partial charge in [-0.3, -0.25) is 9.59 Å². The number of carbonyl (C=O) groups excluding carboxylic acids is 2. The molecule has 1 aromatic heterocycles. The van der Waals surface area contributed by atoms with Crippen LogP contribution in [0.2, 0.25) is 5.02 Å². The topological polar surface area (TPSA) is 63.4 Å². The average molecular weight is 347 g/mol. The molecule has 1 saturated heterocycles. The molecule has 6 heteroatoms. The summed E-state index contributed by atoms with van der Waals surface area (Å²) >= 11 is 5.87. The molecular formula is C18H19ClN2O3. The molecule has 0 aliphatic carbocycles. The SMILES string of the molecule is Cc1noc(C)c1C(=O)N1CCC[C@H](C(=O)c2ccc(Cl)cc2)C1. The highest BCUT2D eigenvalue weighted by atomic mass is 35.5. The quantitative estimate of drug-likeness (QED) is 0.795. The Morgan fingerprint density at radius 3 is 2.58 bits per heavy atom. The van der Waals surface area contributed by atoms with Gasteiger partial charge in [0, 0.05) is 29.6 Å². The third-order valence-electron chi connectivity index (χ3n) is 4.46. The smallest absolute Gasteiger partial charge is 0.259 e. The zero-order valence-electron chi connectivity index (χ0n) is 13.7. The summed E-state index contributed by atoms with van der Waals surface area (Å²) in [6.07, 6.45) is 1.59. The lowest BCUT2D eigenvalue weighted by atomic mass is 9.89. The second-order valence-corrected chi connectivity index (χ2v) is 6.60. The summed E-state index contributed by atoms with van der Waals surface area (Å²) in [6, 6.07) is 6.90. The first-order valence-electron chi connectivity index (χ1n) is 7.99. The predicted octanol–water partition coefficient (Wildman–Crippen LogP) is 3.68. The van der Waals surface area contributed by atoms with Crippen molar-refractivity contribution in [1.29, 1.82) is 0 Å². The van der Waals surface area contributed by atoms with Crippen LogP contribution in [0.5, 0.6) is 0 Å². The van der Waals surface area contributed by atoms with Gasteiger partial charge in [0.05, 0.1) is 5.69 Å². The fraction of sp³-hybridized carbons (Fsp3) is 0.389. The highest BCUT2D eigenvalue weighted by molar-refractivity contribution is 6.30. The highest BCUT2D eigenvalue weighted by Crippen LogP contribution is 2.24. The third kappa shape index (κ3) is 3.22. The molecule has 0 unspecified atom stereocenters. The van der Waals surface area contributed by atoms with Gasteiger partial charge in [0.15, 0.2) is 5.78 Å². The standard InChI is InChI=1S/C18H19ClN2O3/c1-11-16(12(2)24-20-11)18(23)21-9-3-4-14(10-21)17(22)13-5-7-15(19)8-6-13/h5-8,14H,3-4,9-10H2,1-2H3/t14-/m0/s1. The number of aryl methyl sites for hydroxylation is 2. The van der Waals surface area contributed by atoms with Gasteiger partial charge in [0.25, 0.3) is 5.91 Å². The van der Waals surface area contributed by atoms with E-state index < -0.39 is 0 Å². The highest BCUT2D eigenvalue weighted by Gasteiger charge is 2.31. The molecule has 3 rings (SSSR count). The van der Waals surface area contributed by atoms with Crippen LogP contribution in [0.25, 0.3) is 0 Å². The molecule has 0 spiro atoms. The molecule has 1 atom stereocenters. The Kier molecular flexibility index (Phi) is 4.71. The van der Waals surface area contributed by atoms with Crippen LogP contribution in [0.15, 0.2) is 28.8 Å². The molecular weight excluding hydrogens is 328 g/mol. The number of ketones is 1. The van der Waals surface area contributed by atoms with E-state index in [1.54, 1.807) is 43.0 Å². The van der Waals surface area contributed by atoms with E-state index in [4.69, 9.17) is 16.1 Å². The fourth-order valence-electron chi connectivity index (χ4n) is 3.17. The number of benzene rings is 1. The molecule has 24 heavy (non-hydrogen) atoms. The molecule has 1 amide bonds. The van der Waals surface area contributed by atoms with Gasteiger partial charge in [-0.15, -0.1) is 0 Å². The van der Waals surface area contributed by atoms with Crippen molar-refractivity contribution < 1.29 is 14.1 Å². The van der Waals surface area contributed by atoms with Crippen LogP contribution in [0, 0.1) is 19.8 Å². The van der Waals surface area contributed by atoms with Crippen molar-refractivity contribution in [3.05, 3.63) is 51.9 Å². The maximum Gasteiger partial charge on any atom is 0.259 e. The van der Waals surface area contributed by atoms with Crippen LogP contribution in [-0.2, 0) is 0 Å². The number of likely N-dealkylation sites (tertiary alicyclic amines) is 1. The molecule has 0 saturated carbocycles. The molecule has 2 heterocycles. The Bertz CT molecular complexity index is 748. The Morgan fingerprint density at radius 2 is 1.96 bits per heavy atom. The third-order valence-corrected chi connectivity index (χ3v) is 4.71. The lowest BCUT2D eigenvalue weighted by molar-refractivity contribution is 0.0635. The van der Waals surface area contributed by atoms with Gasteiger partial charge >= 0.3 is 0 Å². The van der Waals surface area contributed by atoms with Crippen molar-refractivity contribution in [3.63, 3.8) is 0 Å². The summed E-state index contributed by atoms with van der Waals surface area (Å²) in [5.41, 5.74) is 1.73. The summed E-state index contributed by atoms with van der Waals surface area (Å²) in [7, 11) is 0. The maximum atomic E-state index is 12.7. The first kappa shape index (κ1) is 16.7. The van der Waals surface area contributed by atoms with E-state index in [1.807, 2.05) is 0 Å². The van der Waals surface area contributed by atoms with E-state index in [9.17, 15) is 9.59 Å². The Labute approximate surface area is 145 Å². The van der Waals surface area contributed by atoms with Crippen molar-refractivity contribution in [2.45, 2.75) is 26.7 Å². The number of carbonyl (C=O) groups is 2. The van der Waals surface area contributed by atoms with Crippen LogP contribution in [0.4, 0.5) is 0 Å². The number of Topliss-reactive ketones (excluding diaryl/α,β-unsaturated/α-hetero) is 1. The number of amides is 1. The number of hydrogen-bond acceptors (Lipinski definition) is 4. The van der Waals surface area contributed by atoms with Gasteiger partial charge in [-0.25, -0.2) is 0 Å². The number of halogens is 1. The number of piperidine rings is 1. The summed E-state index contributed by atoms with van der Waals surface area (Å²) in [4.78, 5) is 27.2. The van der Waals surface area contributed by atoms with Crippen LogP contribution < -0.4 is 0 Å². The van der Waals surface area contributed by atoms with Crippen LogP contribution in [-0.4, -0.2) is 34.8 Å². The van der Waals surface area contributed by atoms with Crippen molar-refractivity contribution in [2.75, 3.05) is 13.1 Å². The second kappa shape index (κ2) is 6.77. The largest absolute Gasteiger partial charge is 0.361 e. The summed E-state index contributed by atoms with van der Waals surface area (Å²) in [6.45, 7) is 4.55. The lowest BCUT2D eigenvalue weighted by Gasteiger charge is -2.32. The fourth-order valence-corrected chi connectivity index (χ4v) is 3.30. The van der Waals surface area contributed by atoms with Crippen molar-refractivity contribution in [1.82, 2.24) is 10.1 Å². The number of aromatic nitrogens is 1. The number of rotatable bonds is 3. The summed E-state index contributed by atoms with van der Waals surface area (Å²) < 4.78 is 5.09. The molecule has 0 bridgehead atoms.